The normalized spacial score (nSPS) is 11.7. The fourth-order valence-corrected chi connectivity index (χ4v) is 1.72. The first-order valence-corrected chi connectivity index (χ1v) is 6.56. The molecule has 0 aliphatic carbocycles. The molecule has 0 unspecified atom stereocenters. The zero-order valence-corrected chi connectivity index (χ0v) is 12.8. The lowest BCUT2D eigenvalue weighted by atomic mass is 10.1. The van der Waals surface area contributed by atoms with E-state index in [1.165, 1.54) is 6.20 Å². The van der Waals surface area contributed by atoms with Crippen molar-refractivity contribution >= 4 is 23.2 Å². The van der Waals surface area contributed by atoms with E-state index in [4.69, 9.17) is 16.9 Å². The van der Waals surface area contributed by atoms with Gasteiger partial charge >= 0.3 is 0 Å². The number of hydrogen-bond donors (Lipinski definition) is 2. The molecule has 0 aliphatic rings. The van der Waals surface area contributed by atoms with E-state index in [1.807, 2.05) is 33.8 Å². The summed E-state index contributed by atoms with van der Waals surface area (Å²) in [5.74, 6) is -0.404. The van der Waals surface area contributed by atoms with Crippen LogP contribution in [0.1, 0.15) is 26.3 Å². The fourth-order valence-electron chi connectivity index (χ4n) is 1.50. The number of aryl methyl sites for hydroxylation is 1. The van der Waals surface area contributed by atoms with E-state index in [9.17, 15) is 4.79 Å². The fraction of sp³-hybridized carbons (Fsp3) is 0.333. The van der Waals surface area contributed by atoms with Crippen LogP contribution < -0.4 is 10.6 Å². The molecule has 20 heavy (non-hydrogen) atoms. The summed E-state index contributed by atoms with van der Waals surface area (Å²) >= 11 is 5.87. The zero-order valence-electron chi connectivity index (χ0n) is 12.0. The van der Waals surface area contributed by atoms with Crippen LogP contribution in [0.25, 0.3) is 0 Å². The SMILES string of the molecule is Cc1cc(Cl)ccc1N/C=C(/C#N)C(=O)NC(C)(C)C. The van der Waals surface area contributed by atoms with Crippen molar-refractivity contribution in [1.29, 1.82) is 5.26 Å². The Balaban J connectivity index is 2.86. The van der Waals surface area contributed by atoms with Gasteiger partial charge in [-0.2, -0.15) is 5.26 Å². The number of rotatable bonds is 3. The largest absolute Gasteiger partial charge is 0.360 e. The van der Waals surface area contributed by atoms with Crippen molar-refractivity contribution in [2.75, 3.05) is 5.32 Å². The van der Waals surface area contributed by atoms with Gasteiger partial charge in [-0.05, 0) is 51.5 Å². The Morgan fingerprint density at radius 3 is 2.55 bits per heavy atom. The summed E-state index contributed by atoms with van der Waals surface area (Å²) in [5, 5.41) is 15.4. The lowest BCUT2D eigenvalue weighted by Gasteiger charge is -2.20. The Hall–Kier alpha value is -1.99. The van der Waals surface area contributed by atoms with E-state index < -0.39 is 5.91 Å². The van der Waals surface area contributed by atoms with Gasteiger partial charge in [0.2, 0.25) is 0 Å². The highest BCUT2D eigenvalue weighted by atomic mass is 35.5. The van der Waals surface area contributed by atoms with Crippen LogP contribution in [0.5, 0.6) is 0 Å². The minimum Gasteiger partial charge on any atom is -0.360 e. The van der Waals surface area contributed by atoms with Gasteiger partial charge in [-0.1, -0.05) is 11.6 Å². The summed E-state index contributed by atoms with van der Waals surface area (Å²) in [7, 11) is 0. The Morgan fingerprint density at radius 1 is 1.40 bits per heavy atom. The lowest BCUT2D eigenvalue weighted by Crippen LogP contribution is -2.41. The van der Waals surface area contributed by atoms with Gasteiger partial charge < -0.3 is 10.6 Å². The molecular formula is C15H18ClN3O. The third-order valence-electron chi connectivity index (χ3n) is 2.41. The highest BCUT2D eigenvalue weighted by Crippen LogP contribution is 2.19. The predicted molar refractivity (Wildman–Crippen MR) is 81.4 cm³/mol. The third kappa shape index (κ3) is 4.94. The summed E-state index contributed by atoms with van der Waals surface area (Å²) in [6, 6.07) is 7.23. The van der Waals surface area contributed by atoms with Gasteiger partial charge in [0.05, 0.1) is 0 Å². The maximum atomic E-state index is 11.9. The molecular weight excluding hydrogens is 274 g/mol. The first-order valence-electron chi connectivity index (χ1n) is 6.18. The average Bonchev–Trinajstić information content (AvgIpc) is 2.30. The molecule has 1 aromatic carbocycles. The molecule has 0 fully saturated rings. The molecule has 4 nitrogen and oxygen atoms in total. The van der Waals surface area contributed by atoms with Crippen LogP contribution in [0.15, 0.2) is 30.0 Å². The molecule has 5 heteroatoms. The minimum absolute atomic E-state index is 0.0225. The Kier molecular flexibility index (Phi) is 5.18. The number of nitrogens with zero attached hydrogens (tertiary/aromatic N) is 1. The van der Waals surface area contributed by atoms with Gasteiger partial charge in [-0.15, -0.1) is 0 Å². The molecule has 1 rings (SSSR count). The van der Waals surface area contributed by atoms with Crippen molar-refractivity contribution in [1.82, 2.24) is 5.32 Å². The van der Waals surface area contributed by atoms with Crippen molar-refractivity contribution in [3.05, 3.63) is 40.6 Å². The number of carbonyl (C=O) groups excluding carboxylic acids is 1. The number of amides is 1. The van der Waals surface area contributed by atoms with Crippen LogP contribution in [0.4, 0.5) is 5.69 Å². The minimum atomic E-state index is -0.404. The summed E-state index contributed by atoms with van der Waals surface area (Å²) in [4.78, 5) is 11.9. The van der Waals surface area contributed by atoms with Crippen LogP contribution in [0.3, 0.4) is 0 Å². The van der Waals surface area contributed by atoms with Crippen LogP contribution >= 0.6 is 11.6 Å². The summed E-state index contributed by atoms with van der Waals surface area (Å²) < 4.78 is 0. The zero-order chi connectivity index (χ0) is 15.3. The number of halogens is 1. The van der Waals surface area contributed by atoms with Crippen molar-refractivity contribution in [2.45, 2.75) is 33.2 Å². The second kappa shape index (κ2) is 6.44. The Labute approximate surface area is 124 Å². The number of carbonyl (C=O) groups is 1. The van der Waals surface area contributed by atoms with Gasteiger partial charge in [0.1, 0.15) is 11.6 Å². The molecule has 106 valence electrons. The Morgan fingerprint density at radius 2 is 2.05 bits per heavy atom. The van der Waals surface area contributed by atoms with Crippen LogP contribution in [-0.4, -0.2) is 11.4 Å². The molecule has 0 spiro atoms. The Bertz CT molecular complexity index is 580. The van der Waals surface area contributed by atoms with Gasteiger partial charge in [-0.3, -0.25) is 4.79 Å². The van der Waals surface area contributed by atoms with Crippen molar-refractivity contribution < 1.29 is 4.79 Å². The number of nitriles is 1. The third-order valence-corrected chi connectivity index (χ3v) is 2.65. The molecule has 2 N–H and O–H groups in total. The van der Waals surface area contributed by atoms with E-state index in [2.05, 4.69) is 10.6 Å². The quantitative estimate of drug-likeness (QED) is 0.663. The maximum absolute atomic E-state index is 11.9. The molecule has 0 saturated carbocycles. The number of nitrogens with one attached hydrogen (secondary N) is 2. The van der Waals surface area contributed by atoms with E-state index in [-0.39, 0.29) is 11.1 Å². The van der Waals surface area contributed by atoms with Gasteiger partial charge in [0, 0.05) is 22.4 Å². The van der Waals surface area contributed by atoms with Crippen LogP contribution in [-0.2, 0) is 4.79 Å². The summed E-state index contributed by atoms with van der Waals surface area (Å²) in [5.41, 5.74) is 1.37. The standard InChI is InChI=1S/C15H18ClN3O/c1-10-7-12(16)5-6-13(10)18-9-11(8-17)14(20)19-15(2,3)4/h5-7,9,18H,1-4H3,(H,19,20)/b11-9-. The van der Waals surface area contributed by atoms with E-state index in [0.29, 0.717) is 5.02 Å². The molecule has 0 bridgehead atoms. The molecule has 1 amide bonds. The maximum Gasteiger partial charge on any atom is 0.263 e. The van der Waals surface area contributed by atoms with Crippen LogP contribution in [0.2, 0.25) is 5.02 Å². The highest BCUT2D eigenvalue weighted by Gasteiger charge is 2.17. The molecule has 0 aliphatic heterocycles. The van der Waals surface area contributed by atoms with Gasteiger partial charge in [-0.25, -0.2) is 0 Å². The smallest absolute Gasteiger partial charge is 0.263 e. The first-order chi connectivity index (χ1) is 9.23. The molecule has 0 saturated heterocycles. The lowest BCUT2D eigenvalue weighted by molar-refractivity contribution is -0.118. The van der Waals surface area contributed by atoms with Gasteiger partial charge in [0.15, 0.2) is 0 Å². The topological polar surface area (TPSA) is 64.9 Å². The van der Waals surface area contributed by atoms with Crippen molar-refractivity contribution in [3.63, 3.8) is 0 Å². The number of benzene rings is 1. The van der Waals surface area contributed by atoms with E-state index in [0.717, 1.165) is 11.3 Å². The number of anilines is 1. The predicted octanol–water partition coefficient (Wildman–Crippen LogP) is 3.38. The molecule has 1 aromatic rings. The highest BCUT2D eigenvalue weighted by molar-refractivity contribution is 6.30. The van der Waals surface area contributed by atoms with Crippen molar-refractivity contribution in [2.24, 2.45) is 0 Å². The second-order valence-corrected chi connectivity index (χ2v) is 5.91. The van der Waals surface area contributed by atoms with E-state index in [1.54, 1.807) is 18.2 Å². The van der Waals surface area contributed by atoms with Gasteiger partial charge in [0.25, 0.3) is 5.91 Å². The first kappa shape index (κ1) is 16.1. The molecule has 0 heterocycles. The van der Waals surface area contributed by atoms with Crippen molar-refractivity contribution in [3.8, 4) is 6.07 Å². The summed E-state index contributed by atoms with van der Waals surface area (Å²) in [6.45, 7) is 7.47. The molecule has 0 aromatic heterocycles. The monoisotopic (exact) mass is 291 g/mol. The van der Waals surface area contributed by atoms with E-state index >= 15 is 0 Å². The molecule has 0 radical (unpaired) electrons. The summed E-state index contributed by atoms with van der Waals surface area (Å²) in [6.07, 6.45) is 1.40. The second-order valence-electron chi connectivity index (χ2n) is 5.48. The van der Waals surface area contributed by atoms with Crippen LogP contribution in [0, 0.1) is 18.3 Å². The molecule has 0 atom stereocenters. The number of hydrogen-bond acceptors (Lipinski definition) is 3. The average molecular weight is 292 g/mol.